The molecule has 0 saturated carbocycles. The molecule has 1 aromatic rings. The monoisotopic (exact) mass is 345 g/mol. The van der Waals surface area contributed by atoms with Gasteiger partial charge in [0.15, 0.2) is 0 Å². The molecule has 1 N–H and O–H groups in total. The SMILES string of the molecule is CC(=O)CC(C)(C)c1c(C)cc(C)c2c1OC(=O)C(NC(C)(C)C)C2. The van der Waals surface area contributed by atoms with Crippen LogP contribution in [0.2, 0.25) is 0 Å². The Morgan fingerprint density at radius 1 is 1.20 bits per heavy atom. The van der Waals surface area contributed by atoms with Crippen molar-refractivity contribution in [1.29, 1.82) is 0 Å². The molecule has 1 heterocycles. The minimum Gasteiger partial charge on any atom is -0.425 e. The molecular weight excluding hydrogens is 314 g/mol. The summed E-state index contributed by atoms with van der Waals surface area (Å²) in [5.41, 5.74) is 3.69. The molecule has 1 aromatic carbocycles. The third-order valence-corrected chi connectivity index (χ3v) is 4.67. The summed E-state index contributed by atoms with van der Waals surface area (Å²) < 4.78 is 5.84. The van der Waals surface area contributed by atoms with Gasteiger partial charge in [-0.2, -0.15) is 0 Å². The fourth-order valence-electron chi connectivity index (χ4n) is 4.00. The van der Waals surface area contributed by atoms with Crippen LogP contribution in [0.15, 0.2) is 6.07 Å². The van der Waals surface area contributed by atoms with Crippen LogP contribution in [0.3, 0.4) is 0 Å². The van der Waals surface area contributed by atoms with E-state index in [2.05, 4.69) is 18.3 Å². The first-order valence-electron chi connectivity index (χ1n) is 8.94. The van der Waals surface area contributed by atoms with E-state index in [0.717, 1.165) is 22.3 Å². The number of benzene rings is 1. The normalized spacial score (nSPS) is 17.9. The number of nitrogens with one attached hydrogen (secondary N) is 1. The van der Waals surface area contributed by atoms with Crippen molar-refractivity contribution in [3.63, 3.8) is 0 Å². The van der Waals surface area contributed by atoms with E-state index < -0.39 is 0 Å². The van der Waals surface area contributed by atoms with Crippen LogP contribution >= 0.6 is 0 Å². The van der Waals surface area contributed by atoms with Gasteiger partial charge in [0.05, 0.1) is 0 Å². The number of aryl methyl sites for hydroxylation is 2. The quantitative estimate of drug-likeness (QED) is 0.666. The van der Waals surface area contributed by atoms with Crippen molar-refractivity contribution in [3.8, 4) is 5.75 Å². The van der Waals surface area contributed by atoms with Gasteiger partial charge in [-0.05, 0) is 52.7 Å². The maximum atomic E-state index is 12.6. The summed E-state index contributed by atoms with van der Waals surface area (Å²) in [7, 11) is 0. The first-order valence-corrected chi connectivity index (χ1v) is 8.94. The summed E-state index contributed by atoms with van der Waals surface area (Å²) in [5.74, 6) is 0.557. The maximum Gasteiger partial charge on any atom is 0.328 e. The van der Waals surface area contributed by atoms with Crippen LogP contribution in [0.1, 0.15) is 70.2 Å². The largest absolute Gasteiger partial charge is 0.425 e. The van der Waals surface area contributed by atoms with Crippen molar-refractivity contribution < 1.29 is 14.3 Å². The minimum absolute atomic E-state index is 0.133. The summed E-state index contributed by atoms with van der Waals surface area (Å²) >= 11 is 0. The molecule has 0 saturated heterocycles. The molecule has 0 spiro atoms. The number of hydrogen-bond donors (Lipinski definition) is 1. The third-order valence-electron chi connectivity index (χ3n) is 4.67. The standard InChI is InChI=1S/C21H31NO3/c1-12-9-13(2)17(21(7,8)11-14(3)23)18-15(12)10-16(19(24)25-18)22-20(4,5)6/h9,16,22H,10-11H2,1-8H3. The average molecular weight is 345 g/mol. The van der Waals surface area contributed by atoms with E-state index >= 15 is 0 Å². The minimum atomic E-state index is -0.377. The Bertz CT molecular complexity index is 711. The van der Waals surface area contributed by atoms with Crippen LogP contribution in [-0.4, -0.2) is 23.3 Å². The molecule has 4 nitrogen and oxygen atoms in total. The van der Waals surface area contributed by atoms with Gasteiger partial charge in [-0.25, -0.2) is 4.79 Å². The zero-order chi connectivity index (χ0) is 19.2. The fourth-order valence-corrected chi connectivity index (χ4v) is 4.00. The summed E-state index contributed by atoms with van der Waals surface area (Å²) in [6, 6.07) is 1.79. The number of Topliss-reactive ketones (excluding diaryl/α,β-unsaturated/α-hetero) is 1. The van der Waals surface area contributed by atoms with E-state index in [1.807, 2.05) is 41.5 Å². The molecule has 0 amide bonds. The highest BCUT2D eigenvalue weighted by atomic mass is 16.5. The van der Waals surface area contributed by atoms with Crippen LogP contribution in [0.5, 0.6) is 5.75 Å². The highest BCUT2D eigenvalue weighted by Crippen LogP contribution is 2.43. The summed E-state index contributed by atoms with van der Waals surface area (Å²) in [6.07, 6.45) is 1.03. The van der Waals surface area contributed by atoms with Crippen LogP contribution in [0.25, 0.3) is 0 Å². The van der Waals surface area contributed by atoms with Crippen LogP contribution in [-0.2, 0) is 21.4 Å². The molecular formula is C21H31NO3. The zero-order valence-corrected chi connectivity index (χ0v) is 16.8. The molecule has 0 aliphatic carbocycles. The molecule has 1 unspecified atom stereocenters. The second-order valence-corrected chi connectivity index (χ2v) is 9.03. The molecule has 1 aliphatic rings. The second-order valence-electron chi connectivity index (χ2n) is 9.03. The topological polar surface area (TPSA) is 55.4 Å². The molecule has 0 bridgehead atoms. The van der Waals surface area contributed by atoms with Crippen LogP contribution in [0.4, 0.5) is 0 Å². The highest BCUT2D eigenvalue weighted by Gasteiger charge is 2.37. The highest BCUT2D eigenvalue weighted by molar-refractivity contribution is 5.83. The van der Waals surface area contributed by atoms with Gasteiger partial charge in [-0.3, -0.25) is 10.1 Å². The maximum absolute atomic E-state index is 12.6. The molecule has 138 valence electrons. The summed E-state index contributed by atoms with van der Waals surface area (Å²) in [4.78, 5) is 24.3. The van der Waals surface area contributed by atoms with E-state index in [1.165, 1.54) is 0 Å². The van der Waals surface area contributed by atoms with Gasteiger partial charge in [0.25, 0.3) is 0 Å². The molecule has 1 atom stereocenters. The lowest BCUT2D eigenvalue weighted by atomic mass is 9.75. The van der Waals surface area contributed by atoms with Gasteiger partial charge in [-0.15, -0.1) is 0 Å². The molecule has 2 rings (SSSR count). The second kappa shape index (κ2) is 6.56. The van der Waals surface area contributed by atoms with Crippen molar-refractivity contribution in [1.82, 2.24) is 5.32 Å². The number of ether oxygens (including phenoxy) is 1. The predicted octanol–water partition coefficient (Wildman–Crippen LogP) is 3.78. The van der Waals surface area contributed by atoms with Crippen molar-refractivity contribution in [3.05, 3.63) is 28.3 Å². The van der Waals surface area contributed by atoms with Crippen molar-refractivity contribution in [2.24, 2.45) is 0 Å². The number of ketones is 1. The van der Waals surface area contributed by atoms with E-state index in [9.17, 15) is 9.59 Å². The Labute approximate surface area is 151 Å². The first kappa shape index (κ1) is 19.6. The number of fused-ring (bicyclic) bond motifs is 1. The Balaban J connectivity index is 2.54. The molecule has 0 fully saturated rings. The summed E-state index contributed by atoms with van der Waals surface area (Å²) in [5, 5.41) is 3.35. The lowest BCUT2D eigenvalue weighted by Crippen LogP contribution is -2.52. The van der Waals surface area contributed by atoms with Gasteiger partial charge < -0.3 is 4.74 Å². The molecule has 0 radical (unpaired) electrons. The zero-order valence-electron chi connectivity index (χ0n) is 16.8. The van der Waals surface area contributed by atoms with Gasteiger partial charge in [-0.1, -0.05) is 19.9 Å². The Morgan fingerprint density at radius 2 is 1.80 bits per heavy atom. The number of rotatable bonds is 4. The molecule has 1 aliphatic heterocycles. The Hall–Kier alpha value is -1.68. The number of carbonyl (C=O) groups is 2. The average Bonchev–Trinajstić information content (AvgIpc) is 2.37. The van der Waals surface area contributed by atoms with Crippen molar-refractivity contribution >= 4 is 11.8 Å². The van der Waals surface area contributed by atoms with E-state index in [-0.39, 0.29) is 28.7 Å². The number of carbonyl (C=O) groups excluding carboxylic acids is 2. The van der Waals surface area contributed by atoms with Crippen LogP contribution in [0, 0.1) is 13.8 Å². The Morgan fingerprint density at radius 3 is 2.32 bits per heavy atom. The summed E-state index contributed by atoms with van der Waals surface area (Å²) in [6.45, 7) is 15.9. The van der Waals surface area contributed by atoms with Gasteiger partial charge in [0.1, 0.15) is 17.6 Å². The van der Waals surface area contributed by atoms with E-state index in [1.54, 1.807) is 6.92 Å². The molecule has 4 heteroatoms. The first-order chi connectivity index (χ1) is 11.3. The smallest absolute Gasteiger partial charge is 0.328 e. The van der Waals surface area contributed by atoms with Gasteiger partial charge in [0.2, 0.25) is 0 Å². The lowest BCUT2D eigenvalue weighted by molar-refractivity contribution is -0.138. The number of hydrogen-bond acceptors (Lipinski definition) is 4. The van der Waals surface area contributed by atoms with E-state index in [0.29, 0.717) is 18.6 Å². The number of esters is 1. The van der Waals surface area contributed by atoms with Gasteiger partial charge in [0, 0.05) is 34.9 Å². The van der Waals surface area contributed by atoms with Crippen molar-refractivity contribution in [2.75, 3.05) is 0 Å². The lowest BCUT2D eigenvalue weighted by Gasteiger charge is -2.35. The van der Waals surface area contributed by atoms with Gasteiger partial charge >= 0.3 is 5.97 Å². The fraction of sp³-hybridized carbons (Fsp3) is 0.619. The molecule has 25 heavy (non-hydrogen) atoms. The molecule has 0 aromatic heterocycles. The Kier molecular flexibility index (Phi) is 5.16. The van der Waals surface area contributed by atoms with E-state index in [4.69, 9.17) is 4.74 Å². The predicted molar refractivity (Wildman–Crippen MR) is 100 cm³/mol. The third kappa shape index (κ3) is 4.30. The van der Waals surface area contributed by atoms with Crippen molar-refractivity contribution in [2.45, 2.75) is 85.2 Å². The van der Waals surface area contributed by atoms with Crippen LogP contribution < -0.4 is 10.1 Å².